The Morgan fingerprint density at radius 3 is 2.81 bits per heavy atom. The number of amides is 2. The van der Waals surface area contributed by atoms with E-state index in [2.05, 4.69) is 15.6 Å². The molecule has 0 spiro atoms. The van der Waals surface area contributed by atoms with Gasteiger partial charge >= 0.3 is 6.03 Å². The Labute approximate surface area is 128 Å². The minimum atomic E-state index is -3.25. The van der Waals surface area contributed by atoms with Crippen LogP contribution in [0.2, 0.25) is 0 Å². The van der Waals surface area contributed by atoms with Gasteiger partial charge in [0, 0.05) is 30.9 Å². The molecule has 0 aromatic carbocycles. The average Bonchev–Trinajstić information content (AvgIpc) is 2.79. The maximum Gasteiger partial charge on any atom is 0.321 e. The van der Waals surface area contributed by atoms with Crippen molar-refractivity contribution in [3.8, 4) is 0 Å². The second kappa shape index (κ2) is 6.29. The Morgan fingerprint density at radius 2 is 2.19 bits per heavy atom. The van der Waals surface area contributed by atoms with Crippen LogP contribution in [0.3, 0.4) is 0 Å². The maximum absolute atomic E-state index is 12.2. The van der Waals surface area contributed by atoms with Crippen LogP contribution < -0.4 is 10.6 Å². The van der Waals surface area contributed by atoms with E-state index >= 15 is 0 Å². The fraction of sp³-hybridized carbons (Fsp3) is 0.667. The van der Waals surface area contributed by atoms with Gasteiger partial charge in [0.05, 0.1) is 10.9 Å². The van der Waals surface area contributed by atoms with Crippen molar-refractivity contribution in [3.63, 3.8) is 0 Å². The van der Waals surface area contributed by atoms with Gasteiger partial charge in [-0.15, -0.1) is 0 Å². The van der Waals surface area contributed by atoms with E-state index in [-0.39, 0.29) is 6.03 Å². The lowest BCUT2D eigenvalue weighted by molar-refractivity contribution is 0.252. The summed E-state index contributed by atoms with van der Waals surface area (Å²) in [5.74, 6) is 0. The van der Waals surface area contributed by atoms with Crippen LogP contribution in [-0.2, 0) is 23.0 Å². The first-order valence-corrected chi connectivity index (χ1v) is 9.19. The number of rotatable bonds is 4. The number of carbonyl (C=O) groups excluding carboxylic acids is 1. The highest BCUT2D eigenvalue weighted by atomic mass is 32.2. The third kappa shape index (κ3) is 3.53. The number of thiazole rings is 1. The Kier molecular flexibility index (Phi) is 4.84. The van der Waals surface area contributed by atoms with E-state index in [1.54, 1.807) is 13.8 Å². The highest BCUT2D eigenvalue weighted by Crippen LogP contribution is 2.30. The van der Waals surface area contributed by atoms with Crippen molar-refractivity contribution in [1.82, 2.24) is 14.6 Å². The summed E-state index contributed by atoms with van der Waals surface area (Å²) in [5, 5.41) is 5.38. The van der Waals surface area contributed by atoms with Gasteiger partial charge < -0.3 is 5.32 Å². The van der Waals surface area contributed by atoms with Gasteiger partial charge in [0.2, 0.25) is 10.0 Å². The average molecular weight is 332 g/mol. The number of anilines is 1. The Morgan fingerprint density at radius 1 is 1.48 bits per heavy atom. The summed E-state index contributed by atoms with van der Waals surface area (Å²) >= 11 is 1.33. The van der Waals surface area contributed by atoms with Crippen LogP contribution in [0, 0.1) is 0 Å². The Balaban J connectivity index is 2.12. The number of hydrogen-bond donors (Lipinski definition) is 2. The molecular weight excluding hydrogens is 312 g/mol. The van der Waals surface area contributed by atoms with Crippen LogP contribution in [0.25, 0.3) is 0 Å². The highest BCUT2D eigenvalue weighted by Gasteiger charge is 2.31. The zero-order valence-corrected chi connectivity index (χ0v) is 14.0. The van der Waals surface area contributed by atoms with Crippen LogP contribution in [0.5, 0.6) is 0 Å². The summed E-state index contributed by atoms with van der Waals surface area (Å²) in [6, 6.07) is -0.296. The molecule has 0 radical (unpaired) electrons. The number of carbonyl (C=O) groups is 1. The lowest BCUT2D eigenvalue weighted by Gasteiger charge is -2.26. The maximum atomic E-state index is 12.2. The van der Waals surface area contributed by atoms with Gasteiger partial charge in [0.15, 0.2) is 5.13 Å². The molecule has 0 atom stereocenters. The molecular formula is C12H20N4O3S2. The SMILES string of the molecule is CCNC(=O)Nc1nc2c(s1)CN(S(=O)(=O)C(C)C)CC2. The monoisotopic (exact) mass is 332 g/mol. The molecule has 1 aromatic heterocycles. The number of nitrogens with zero attached hydrogens (tertiary/aromatic N) is 2. The van der Waals surface area contributed by atoms with E-state index in [4.69, 9.17) is 0 Å². The number of fused-ring (bicyclic) bond motifs is 1. The predicted octanol–water partition coefficient (Wildman–Crippen LogP) is 1.38. The van der Waals surface area contributed by atoms with Crippen molar-refractivity contribution in [2.75, 3.05) is 18.4 Å². The highest BCUT2D eigenvalue weighted by molar-refractivity contribution is 7.89. The topological polar surface area (TPSA) is 91.4 Å². The first kappa shape index (κ1) is 16.2. The summed E-state index contributed by atoms with van der Waals surface area (Å²) in [7, 11) is -3.25. The van der Waals surface area contributed by atoms with Gasteiger partial charge in [-0.1, -0.05) is 11.3 Å². The molecule has 0 saturated carbocycles. The second-order valence-corrected chi connectivity index (χ2v) is 8.62. The molecule has 0 saturated heterocycles. The summed E-state index contributed by atoms with van der Waals surface area (Å²) in [4.78, 5) is 16.7. The van der Waals surface area contributed by atoms with E-state index in [1.807, 2.05) is 6.92 Å². The van der Waals surface area contributed by atoms with E-state index in [9.17, 15) is 13.2 Å². The summed E-state index contributed by atoms with van der Waals surface area (Å²) < 4.78 is 25.9. The number of aromatic nitrogens is 1. The minimum Gasteiger partial charge on any atom is -0.338 e. The lowest BCUT2D eigenvalue weighted by atomic mass is 10.2. The van der Waals surface area contributed by atoms with E-state index in [0.29, 0.717) is 31.2 Å². The standard InChI is InChI=1S/C12H20N4O3S2/c1-4-13-11(17)15-12-14-9-5-6-16(7-10(9)20-12)21(18,19)8(2)3/h8H,4-7H2,1-3H3,(H2,13,14,15,17). The van der Waals surface area contributed by atoms with Crippen LogP contribution in [0.1, 0.15) is 31.3 Å². The predicted molar refractivity (Wildman–Crippen MR) is 83.0 cm³/mol. The largest absolute Gasteiger partial charge is 0.338 e. The van der Waals surface area contributed by atoms with Crippen molar-refractivity contribution in [2.45, 2.75) is 39.0 Å². The molecule has 2 heterocycles. The van der Waals surface area contributed by atoms with Crippen molar-refractivity contribution < 1.29 is 13.2 Å². The molecule has 21 heavy (non-hydrogen) atoms. The second-order valence-electron chi connectivity index (χ2n) is 5.05. The molecule has 2 rings (SSSR count). The van der Waals surface area contributed by atoms with Crippen molar-refractivity contribution in [1.29, 1.82) is 0 Å². The molecule has 2 N–H and O–H groups in total. The number of sulfonamides is 1. The van der Waals surface area contributed by atoms with Gasteiger partial charge in [0.1, 0.15) is 0 Å². The fourth-order valence-corrected chi connectivity index (χ4v) is 4.39. The smallest absolute Gasteiger partial charge is 0.321 e. The first-order valence-electron chi connectivity index (χ1n) is 6.87. The van der Waals surface area contributed by atoms with Gasteiger partial charge in [-0.3, -0.25) is 5.32 Å². The van der Waals surface area contributed by atoms with Gasteiger partial charge in [-0.05, 0) is 20.8 Å². The van der Waals surface area contributed by atoms with Gasteiger partial charge in [-0.2, -0.15) is 4.31 Å². The third-order valence-corrected chi connectivity index (χ3v) is 6.43. The molecule has 118 valence electrons. The molecule has 0 aliphatic carbocycles. The molecule has 1 aliphatic heterocycles. The summed E-state index contributed by atoms with van der Waals surface area (Å²) in [5.41, 5.74) is 0.877. The van der Waals surface area contributed by atoms with Gasteiger partial charge in [-0.25, -0.2) is 18.2 Å². The normalized spacial score (nSPS) is 15.8. The van der Waals surface area contributed by atoms with Gasteiger partial charge in [0.25, 0.3) is 0 Å². The van der Waals surface area contributed by atoms with Crippen LogP contribution in [-0.4, -0.2) is 42.1 Å². The molecule has 0 fully saturated rings. The summed E-state index contributed by atoms with van der Waals surface area (Å²) in [6.07, 6.45) is 0.578. The first-order chi connectivity index (χ1) is 9.84. The molecule has 0 unspecified atom stereocenters. The molecule has 1 aromatic rings. The fourth-order valence-electron chi connectivity index (χ4n) is 2.04. The zero-order valence-electron chi connectivity index (χ0n) is 12.3. The quantitative estimate of drug-likeness (QED) is 0.871. The van der Waals surface area contributed by atoms with Crippen molar-refractivity contribution in [3.05, 3.63) is 10.6 Å². The van der Waals surface area contributed by atoms with E-state index < -0.39 is 15.3 Å². The molecule has 2 amide bonds. The van der Waals surface area contributed by atoms with Crippen molar-refractivity contribution >= 4 is 32.5 Å². The lowest BCUT2D eigenvalue weighted by Crippen LogP contribution is -2.39. The molecule has 7 nitrogen and oxygen atoms in total. The number of hydrogen-bond acceptors (Lipinski definition) is 5. The number of nitrogens with one attached hydrogen (secondary N) is 2. The Bertz CT molecular complexity index is 624. The molecule has 1 aliphatic rings. The minimum absolute atomic E-state index is 0.296. The van der Waals surface area contributed by atoms with E-state index in [1.165, 1.54) is 15.6 Å². The number of urea groups is 1. The molecule has 0 bridgehead atoms. The van der Waals surface area contributed by atoms with Crippen LogP contribution >= 0.6 is 11.3 Å². The van der Waals surface area contributed by atoms with Crippen molar-refractivity contribution in [2.24, 2.45) is 0 Å². The van der Waals surface area contributed by atoms with Crippen LogP contribution in [0.15, 0.2) is 0 Å². The Hall–Kier alpha value is -1.19. The van der Waals surface area contributed by atoms with E-state index in [0.717, 1.165) is 10.6 Å². The zero-order chi connectivity index (χ0) is 15.6. The molecule has 9 heteroatoms. The van der Waals surface area contributed by atoms with Crippen LogP contribution in [0.4, 0.5) is 9.93 Å². The summed E-state index contributed by atoms with van der Waals surface area (Å²) in [6.45, 7) is 6.51. The third-order valence-electron chi connectivity index (χ3n) is 3.21.